The Bertz CT molecular complexity index is 671. The zero-order valence-electron chi connectivity index (χ0n) is 12.0. The molecule has 1 fully saturated rings. The van der Waals surface area contributed by atoms with Gasteiger partial charge in [-0.3, -0.25) is 4.79 Å². The molecule has 4 nitrogen and oxygen atoms in total. The molecule has 2 aliphatic rings. The first-order chi connectivity index (χ1) is 10.3. The highest BCUT2D eigenvalue weighted by Gasteiger charge is 2.34. The minimum atomic E-state index is 0.00866. The van der Waals surface area contributed by atoms with E-state index < -0.39 is 0 Å². The predicted octanol–water partition coefficient (Wildman–Crippen LogP) is 3.76. The van der Waals surface area contributed by atoms with E-state index in [0.29, 0.717) is 11.6 Å². The zero-order chi connectivity index (χ0) is 14.4. The second-order valence-electron chi connectivity index (χ2n) is 5.86. The van der Waals surface area contributed by atoms with Crippen LogP contribution in [0.1, 0.15) is 64.8 Å². The molecule has 110 valence electrons. The van der Waals surface area contributed by atoms with Gasteiger partial charge in [-0.25, -0.2) is 0 Å². The van der Waals surface area contributed by atoms with Crippen molar-refractivity contribution < 1.29 is 9.32 Å². The van der Waals surface area contributed by atoms with Gasteiger partial charge in [0.05, 0.1) is 6.04 Å². The average Bonchev–Trinajstić information content (AvgIpc) is 3.05. The maximum atomic E-state index is 12.8. The first-order valence-corrected chi connectivity index (χ1v) is 8.49. The third kappa shape index (κ3) is 2.20. The van der Waals surface area contributed by atoms with E-state index in [1.54, 1.807) is 11.3 Å². The minimum Gasteiger partial charge on any atom is -0.360 e. The van der Waals surface area contributed by atoms with Crippen LogP contribution in [0.5, 0.6) is 0 Å². The van der Waals surface area contributed by atoms with Gasteiger partial charge in [-0.05, 0) is 42.7 Å². The Hall–Kier alpha value is -1.62. The summed E-state index contributed by atoms with van der Waals surface area (Å²) >= 11 is 1.80. The molecule has 0 N–H and O–H groups in total. The van der Waals surface area contributed by atoms with Gasteiger partial charge in [0.15, 0.2) is 5.69 Å². The second kappa shape index (κ2) is 4.98. The molecule has 0 spiro atoms. The van der Waals surface area contributed by atoms with Crippen LogP contribution in [0.3, 0.4) is 0 Å². The predicted molar refractivity (Wildman–Crippen MR) is 80.6 cm³/mol. The Kier molecular flexibility index (Phi) is 3.10. The van der Waals surface area contributed by atoms with E-state index in [0.717, 1.165) is 38.0 Å². The van der Waals surface area contributed by atoms with Crippen LogP contribution in [0.4, 0.5) is 0 Å². The van der Waals surface area contributed by atoms with Gasteiger partial charge in [0.25, 0.3) is 5.91 Å². The Morgan fingerprint density at radius 3 is 3.14 bits per heavy atom. The summed E-state index contributed by atoms with van der Waals surface area (Å²) in [6.45, 7) is 2.91. The summed E-state index contributed by atoms with van der Waals surface area (Å²) in [5.74, 6) is 1.37. The number of aromatic nitrogens is 1. The summed E-state index contributed by atoms with van der Waals surface area (Å²) < 4.78 is 5.33. The lowest BCUT2D eigenvalue weighted by Crippen LogP contribution is -2.39. The van der Waals surface area contributed by atoms with Crippen LogP contribution >= 0.6 is 11.3 Å². The molecule has 1 aliphatic heterocycles. The van der Waals surface area contributed by atoms with Crippen molar-refractivity contribution in [3.8, 4) is 0 Å². The summed E-state index contributed by atoms with van der Waals surface area (Å²) in [4.78, 5) is 16.1. The SMILES string of the molecule is CC[C@H]1c2ccsc2CCN1C(=O)c1cc(C2CC2)on1. The fraction of sp³-hybridized carbons (Fsp3) is 0.500. The molecule has 1 atom stereocenters. The first kappa shape index (κ1) is 13.1. The monoisotopic (exact) mass is 302 g/mol. The van der Waals surface area contributed by atoms with Gasteiger partial charge in [0.1, 0.15) is 5.76 Å². The number of amides is 1. The summed E-state index contributed by atoms with van der Waals surface area (Å²) in [6, 6.07) is 4.18. The van der Waals surface area contributed by atoms with E-state index in [-0.39, 0.29) is 11.9 Å². The number of hydrogen-bond donors (Lipinski definition) is 0. The number of hydrogen-bond acceptors (Lipinski definition) is 4. The molecule has 0 bridgehead atoms. The topological polar surface area (TPSA) is 46.3 Å². The number of fused-ring (bicyclic) bond motifs is 1. The summed E-state index contributed by atoms with van der Waals surface area (Å²) in [7, 11) is 0. The summed E-state index contributed by atoms with van der Waals surface area (Å²) in [5, 5.41) is 6.13. The Morgan fingerprint density at radius 1 is 1.52 bits per heavy atom. The molecular weight excluding hydrogens is 284 g/mol. The first-order valence-electron chi connectivity index (χ1n) is 7.61. The molecule has 3 heterocycles. The molecule has 0 unspecified atom stereocenters. The lowest BCUT2D eigenvalue weighted by molar-refractivity contribution is 0.0646. The Morgan fingerprint density at radius 2 is 2.38 bits per heavy atom. The fourth-order valence-corrected chi connectivity index (χ4v) is 4.11. The standard InChI is InChI=1S/C16H18N2O2S/c1-2-13-11-6-8-21-15(11)5-7-18(13)16(19)12-9-14(20-17-12)10-3-4-10/h6,8-10,13H,2-5,7H2,1H3/t13-/m0/s1. The van der Waals surface area contributed by atoms with Crippen molar-refractivity contribution in [1.82, 2.24) is 10.1 Å². The minimum absolute atomic E-state index is 0.00866. The molecule has 4 rings (SSSR count). The van der Waals surface area contributed by atoms with E-state index in [1.807, 2.05) is 11.0 Å². The summed E-state index contributed by atoms with van der Waals surface area (Å²) in [5.41, 5.74) is 1.78. The lowest BCUT2D eigenvalue weighted by atomic mass is 9.97. The highest BCUT2D eigenvalue weighted by Crippen LogP contribution is 2.41. The molecule has 2 aromatic heterocycles. The van der Waals surface area contributed by atoms with Gasteiger partial charge in [-0.2, -0.15) is 0 Å². The van der Waals surface area contributed by atoms with Gasteiger partial charge in [0.2, 0.25) is 0 Å². The highest BCUT2D eigenvalue weighted by molar-refractivity contribution is 7.10. The number of carbonyl (C=O) groups is 1. The van der Waals surface area contributed by atoms with E-state index in [4.69, 9.17) is 4.52 Å². The molecule has 0 radical (unpaired) electrons. The second-order valence-corrected chi connectivity index (χ2v) is 6.86. The fourth-order valence-electron chi connectivity index (χ4n) is 3.18. The third-order valence-electron chi connectivity index (χ3n) is 4.47. The average molecular weight is 302 g/mol. The van der Waals surface area contributed by atoms with Crippen LogP contribution in [-0.4, -0.2) is 22.5 Å². The molecule has 21 heavy (non-hydrogen) atoms. The normalized spacial score (nSPS) is 21.4. The molecule has 2 aromatic rings. The van der Waals surface area contributed by atoms with Crippen LogP contribution in [0.2, 0.25) is 0 Å². The molecule has 5 heteroatoms. The molecule has 1 amide bonds. The molecule has 1 saturated carbocycles. The third-order valence-corrected chi connectivity index (χ3v) is 5.47. The number of rotatable bonds is 3. The van der Waals surface area contributed by atoms with Gasteiger partial charge in [-0.15, -0.1) is 11.3 Å². The number of nitrogens with zero attached hydrogens (tertiary/aromatic N) is 2. The zero-order valence-corrected chi connectivity index (χ0v) is 12.9. The maximum absolute atomic E-state index is 12.8. The van der Waals surface area contributed by atoms with Crippen molar-refractivity contribution in [1.29, 1.82) is 0 Å². The van der Waals surface area contributed by atoms with Crippen LogP contribution in [0.15, 0.2) is 22.0 Å². The highest BCUT2D eigenvalue weighted by atomic mass is 32.1. The summed E-state index contributed by atoms with van der Waals surface area (Å²) in [6.07, 6.45) is 4.19. The number of carbonyl (C=O) groups excluding carboxylic acids is 1. The molecule has 0 aromatic carbocycles. The van der Waals surface area contributed by atoms with Crippen LogP contribution in [-0.2, 0) is 6.42 Å². The van der Waals surface area contributed by atoms with Gasteiger partial charge in [-0.1, -0.05) is 12.1 Å². The van der Waals surface area contributed by atoms with Crippen molar-refractivity contribution in [3.05, 3.63) is 39.4 Å². The van der Waals surface area contributed by atoms with E-state index in [2.05, 4.69) is 23.5 Å². The van der Waals surface area contributed by atoms with Crippen LogP contribution in [0.25, 0.3) is 0 Å². The van der Waals surface area contributed by atoms with Crippen molar-refractivity contribution in [2.45, 2.75) is 44.6 Å². The van der Waals surface area contributed by atoms with Crippen molar-refractivity contribution in [3.63, 3.8) is 0 Å². The van der Waals surface area contributed by atoms with E-state index in [9.17, 15) is 4.79 Å². The molecular formula is C16H18N2O2S. The van der Waals surface area contributed by atoms with E-state index in [1.165, 1.54) is 10.4 Å². The Labute approximate surface area is 127 Å². The lowest BCUT2D eigenvalue weighted by Gasteiger charge is -2.34. The van der Waals surface area contributed by atoms with Crippen molar-refractivity contribution in [2.75, 3.05) is 6.54 Å². The van der Waals surface area contributed by atoms with E-state index >= 15 is 0 Å². The van der Waals surface area contributed by atoms with Gasteiger partial charge >= 0.3 is 0 Å². The van der Waals surface area contributed by atoms with Crippen LogP contribution in [0, 0.1) is 0 Å². The molecule has 0 saturated heterocycles. The van der Waals surface area contributed by atoms with Gasteiger partial charge in [0, 0.05) is 23.4 Å². The van der Waals surface area contributed by atoms with Crippen LogP contribution < -0.4 is 0 Å². The number of thiophene rings is 1. The smallest absolute Gasteiger partial charge is 0.276 e. The Balaban J connectivity index is 1.61. The van der Waals surface area contributed by atoms with Crippen molar-refractivity contribution in [2.24, 2.45) is 0 Å². The maximum Gasteiger partial charge on any atom is 0.276 e. The van der Waals surface area contributed by atoms with Crippen molar-refractivity contribution >= 4 is 17.2 Å². The molecule has 1 aliphatic carbocycles. The largest absolute Gasteiger partial charge is 0.360 e. The quantitative estimate of drug-likeness (QED) is 0.867. The van der Waals surface area contributed by atoms with Gasteiger partial charge < -0.3 is 9.42 Å².